The molecule has 1 saturated carbocycles. The van der Waals surface area contributed by atoms with Crippen LogP contribution in [0.25, 0.3) is 0 Å². The minimum Gasteiger partial charge on any atom is -0.468 e. The molecule has 16 heavy (non-hydrogen) atoms. The normalized spacial score (nSPS) is 30.2. The molecule has 1 fully saturated rings. The van der Waals surface area contributed by atoms with Gasteiger partial charge in [0.15, 0.2) is 0 Å². The molecule has 1 aromatic rings. The number of methoxy groups -OCH3 is 1. The van der Waals surface area contributed by atoms with Crippen molar-refractivity contribution in [2.24, 2.45) is 0 Å². The summed E-state index contributed by atoms with van der Waals surface area (Å²) in [5.41, 5.74) is 0.970. The number of hydrogen-bond donors (Lipinski definition) is 1. The van der Waals surface area contributed by atoms with Gasteiger partial charge in [0.05, 0.1) is 7.11 Å². The fourth-order valence-corrected chi connectivity index (χ4v) is 2.67. The third-order valence-corrected chi connectivity index (χ3v) is 3.60. The summed E-state index contributed by atoms with van der Waals surface area (Å²) < 4.78 is 18.5. The van der Waals surface area contributed by atoms with Crippen molar-refractivity contribution in [3.63, 3.8) is 0 Å². The smallest absolute Gasteiger partial charge is 0.326 e. The van der Waals surface area contributed by atoms with Gasteiger partial charge in [0.25, 0.3) is 0 Å². The summed E-state index contributed by atoms with van der Waals surface area (Å²) in [6.07, 6.45) is 0.633. The highest BCUT2D eigenvalue weighted by Crippen LogP contribution is 2.56. The zero-order valence-electron chi connectivity index (χ0n) is 8.92. The van der Waals surface area contributed by atoms with Gasteiger partial charge in [0.1, 0.15) is 11.4 Å². The molecule has 1 aliphatic carbocycles. The minimum absolute atomic E-state index is 0.0649. The lowest BCUT2D eigenvalue weighted by atomic mass is 9.95. The van der Waals surface area contributed by atoms with Crippen LogP contribution in [0.15, 0.2) is 18.2 Å². The Bertz CT molecular complexity index is 474. The number of rotatable bonds is 1. The van der Waals surface area contributed by atoms with Crippen molar-refractivity contribution < 1.29 is 13.9 Å². The van der Waals surface area contributed by atoms with E-state index in [1.165, 1.54) is 13.2 Å². The molecule has 84 valence electrons. The number of hydrogen-bond acceptors (Lipinski definition) is 3. The van der Waals surface area contributed by atoms with Crippen LogP contribution in [-0.2, 0) is 16.1 Å². The fourth-order valence-electron chi connectivity index (χ4n) is 2.67. The average Bonchev–Trinajstić information content (AvgIpc) is 3.04. The highest BCUT2D eigenvalue weighted by Gasteiger charge is 2.64. The lowest BCUT2D eigenvalue weighted by molar-refractivity contribution is -0.144. The van der Waals surface area contributed by atoms with Crippen LogP contribution in [-0.4, -0.2) is 18.6 Å². The maximum Gasteiger partial charge on any atom is 0.326 e. The fraction of sp³-hybridized carbons (Fsp3) is 0.417. The second-order valence-corrected chi connectivity index (χ2v) is 4.39. The quantitative estimate of drug-likeness (QED) is 0.727. The van der Waals surface area contributed by atoms with E-state index in [1.54, 1.807) is 6.07 Å². The van der Waals surface area contributed by atoms with E-state index in [0.717, 1.165) is 5.56 Å². The van der Waals surface area contributed by atoms with Gasteiger partial charge in [0.2, 0.25) is 0 Å². The van der Waals surface area contributed by atoms with E-state index in [2.05, 4.69) is 5.32 Å². The van der Waals surface area contributed by atoms with E-state index in [1.807, 2.05) is 6.07 Å². The molecule has 0 aromatic heterocycles. The number of esters is 1. The van der Waals surface area contributed by atoms with Crippen LogP contribution >= 0.6 is 0 Å². The Labute approximate surface area is 92.6 Å². The molecule has 0 unspecified atom stereocenters. The molecule has 1 heterocycles. The van der Waals surface area contributed by atoms with Crippen LogP contribution in [0.2, 0.25) is 0 Å². The van der Waals surface area contributed by atoms with Crippen molar-refractivity contribution in [3.8, 4) is 0 Å². The summed E-state index contributed by atoms with van der Waals surface area (Å²) in [7, 11) is 1.37. The van der Waals surface area contributed by atoms with Gasteiger partial charge in [-0.2, -0.15) is 0 Å². The molecule has 3 rings (SSSR count). The molecule has 0 amide bonds. The molecular weight excluding hydrogens is 209 g/mol. The molecule has 0 spiro atoms. The van der Waals surface area contributed by atoms with Crippen molar-refractivity contribution in [1.82, 2.24) is 5.32 Å². The van der Waals surface area contributed by atoms with Gasteiger partial charge >= 0.3 is 5.97 Å². The van der Waals surface area contributed by atoms with Crippen molar-refractivity contribution in [2.45, 2.75) is 24.4 Å². The zero-order chi connectivity index (χ0) is 11.3. The molecule has 0 radical (unpaired) electrons. The Morgan fingerprint density at radius 2 is 2.44 bits per heavy atom. The molecule has 2 atom stereocenters. The molecule has 2 aliphatic rings. The lowest BCUT2D eigenvalue weighted by Gasteiger charge is -2.24. The van der Waals surface area contributed by atoms with Crippen molar-refractivity contribution in [1.29, 1.82) is 0 Å². The molecule has 1 aliphatic heterocycles. The summed E-state index contributed by atoms with van der Waals surface area (Å²) >= 11 is 0. The first kappa shape index (κ1) is 9.78. The zero-order valence-corrected chi connectivity index (χ0v) is 8.92. The Morgan fingerprint density at radius 3 is 3.19 bits per heavy atom. The van der Waals surface area contributed by atoms with Crippen molar-refractivity contribution in [3.05, 3.63) is 35.1 Å². The lowest BCUT2D eigenvalue weighted by Crippen LogP contribution is -2.44. The van der Waals surface area contributed by atoms with E-state index >= 15 is 0 Å². The second-order valence-electron chi connectivity index (χ2n) is 4.39. The van der Waals surface area contributed by atoms with Gasteiger partial charge in [-0.15, -0.1) is 0 Å². The Morgan fingerprint density at radius 1 is 1.62 bits per heavy atom. The van der Waals surface area contributed by atoms with Gasteiger partial charge in [-0.3, -0.25) is 10.1 Å². The van der Waals surface area contributed by atoms with Crippen LogP contribution in [0.4, 0.5) is 4.39 Å². The van der Waals surface area contributed by atoms with Crippen LogP contribution in [0.5, 0.6) is 0 Å². The Hall–Kier alpha value is -1.42. The van der Waals surface area contributed by atoms with Gasteiger partial charge in [0, 0.05) is 12.5 Å². The van der Waals surface area contributed by atoms with Crippen molar-refractivity contribution in [2.75, 3.05) is 7.11 Å². The maximum absolute atomic E-state index is 13.7. The monoisotopic (exact) mass is 221 g/mol. The summed E-state index contributed by atoms with van der Waals surface area (Å²) in [5, 5.41) is 3.16. The molecule has 1 N–H and O–H groups in total. The highest BCUT2D eigenvalue weighted by molar-refractivity contribution is 5.87. The third kappa shape index (κ3) is 1.08. The predicted octanol–water partition coefficient (Wildman–Crippen LogP) is 1.33. The molecule has 0 saturated heterocycles. The summed E-state index contributed by atoms with van der Waals surface area (Å²) in [4.78, 5) is 11.6. The maximum atomic E-state index is 13.7. The first-order valence-electron chi connectivity index (χ1n) is 5.30. The standard InChI is InChI=1S/C12H12FNO2/c1-16-11(15)12-5-8(12)10-7(6-14-12)3-2-4-9(10)13/h2-4,8,14H,5-6H2,1H3/t8-,12-/m0/s1. The van der Waals surface area contributed by atoms with E-state index in [4.69, 9.17) is 4.74 Å². The summed E-state index contributed by atoms with van der Waals surface area (Å²) in [6, 6.07) is 5.04. The number of carbonyl (C=O) groups is 1. The molecule has 4 heteroatoms. The van der Waals surface area contributed by atoms with Gasteiger partial charge < -0.3 is 4.74 Å². The largest absolute Gasteiger partial charge is 0.468 e. The second kappa shape index (κ2) is 3.04. The number of carbonyl (C=O) groups excluding carboxylic acids is 1. The molecule has 1 aromatic carbocycles. The van der Waals surface area contributed by atoms with Crippen LogP contribution in [0.3, 0.4) is 0 Å². The molecular formula is C12H12FNO2. The number of halogens is 1. The van der Waals surface area contributed by atoms with E-state index in [9.17, 15) is 9.18 Å². The minimum atomic E-state index is -0.663. The first-order chi connectivity index (χ1) is 7.69. The van der Waals surface area contributed by atoms with Crippen molar-refractivity contribution >= 4 is 5.97 Å². The van der Waals surface area contributed by atoms with Gasteiger partial charge in [-0.1, -0.05) is 12.1 Å². The SMILES string of the molecule is COC(=O)[C@]12C[C@H]1c1c(F)cccc1CN2. The van der Waals surface area contributed by atoms with E-state index < -0.39 is 5.54 Å². The Kier molecular flexibility index (Phi) is 1.86. The summed E-state index contributed by atoms with van der Waals surface area (Å²) in [5.74, 6) is -0.564. The van der Waals surface area contributed by atoms with E-state index in [-0.39, 0.29) is 17.7 Å². The summed E-state index contributed by atoms with van der Waals surface area (Å²) in [6.45, 7) is 0.526. The number of ether oxygens (including phenoxy) is 1. The van der Waals surface area contributed by atoms with Crippen LogP contribution in [0, 0.1) is 5.82 Å². The molecule has 3 nitrogen and oxygen atoms in total. The predicted molar refractivity (Wildman–Crippen MR) is 55.3 cm³/mol. The van der Waals surface area contributed by atoms with Crippen LogP contribution < -0.4 is 5.32 Å². The number of fused-ring (bicyclic) bond motifs is 3. The molecule has 0 bridgehead atoms. The first-order valence-corrected chi connectivity index (χ1v) is 5.30. The topological polar surface area (TPSA) is 38.3 Å². The highest BCUT2D eigenvalue weighted by atomic mass is 19.1. The van der Waals surface area contributed by atoms with E-state index in [0.29, 0.717) is 18.5 Å². The van der Waals surface area contributed by atoms with Gasteiger partial charge in [-0.05, 0) is 23.6 Å². The Balaban J connectivity index is 2.04. The number of nitrogens with one attached hydrogen (secondary N) is 1. The van der Waals surface area contributed by atoms with Crippen LogP contribution in [0.1, 0.15) is 23.5 Å². The average molecular weight is 221 g/mol. The third-order valence-electron chi connectivity index (χ3n) is 3.60. The number of benzene rings is 1. The van der Waals surface area contributed by atoms with Gasteiger partial charge in [-0.25, -0.2) is 4.39 Å².